The molecule has 126 valence electrons. The van der Waals surface area contributed by atoms with E-state index in [2.05, 4.69) is 4.90 Å². The van der Waals surface area contributed by atoms with Crippen LogP contribution in [0.25, 0.3) is 0 Å². The number of likely N-dealkylation sites (tertiary alicyclic amines) is 1. The number of anilines is 1. The van der Waals surface area contributed by atoms with Gasteiger partial charge in [0, 0.05) is 37.4 Å². The maximum Gasteiger partial charge on any atom is 0.253 e. The summed E-state index contributed by atoms with van der Waals surface area (Å²) in [6, 6.07) is 7.56. The lowest BCUT2D eigenvalue weighted by molar-refractivity contribution is -0.0999. The van der Waals surface area contributed by atoms with Gasteiger partial charge in [0.2, 0.25) is 0 Å². The van der Waals surface area contributed by atoms with Crippen LogP contribution in [0.3, 0.4) is 0 Å². The Morgan fingerprint density at radius 2 is 1.87 bits per heavy atom. The number of piperidine rings is 1. The van der Waals surface area contributed by atoms with Gasteiger partial charge in [-0.15, -0.1) is 0 Å². The quantitative estimate of drug-likeness (QED) is 0.829. The Morgan fingerprint density at radius 1 is 1.22 bits per heavy atom. The van der Waals surface area contributed by atoms with E-state index < -0.39 is 11.7 Å². The maximum absolute atomic E-state index is 12.5. The molecule has 2 fully saturated rings. The number of carbonyl (C=O) groups excluding carboxylic acids is 1. The second-order valence-corrected chi connectivity index (χ2v) is 6.52. The average molecular weight is 320 g/mol. The molecule has 3 rings (SSSR count). The maximum atomic E-state index is 12.5. The van der Waals surface area contributed by atoms with E-state index in [9.17, 15) is 15.0 Å². The molecule has 2 N–H and O–H groups in total. The van der Waals surface area contributed by atoms with Crippen molar-refractivity contribution in [1.82, 2.24) is 4.90 Å². The molecule has 0 aromatic heterocycles. The summed E-state index contributed by atoms with van der Waals surface area (Å²) in [5, 5.41) is 19.9. The Labute approximate surface area is 136 Å². The SMILES string of the molecule is C[C@]1(O)CCN(C(=O)c2ccc(N3CCOCC3)cc2)C[C@@H]1O. The van der Waals surface area contributed by atoms with Gasteiger partial charge in [-0.1, -0.05) is 0 Å². The first-order valence-electron chi connectivity index (χ1n) is 8.10. The third kappa shape index (κ3) is 3.49. The van der Waals surface area contributed by atoms with Gasteiger partial charge in [0.1, 0.15) is 0 Å². The van der Waals surface area contributed by atoms with Crippen LogP contribution in [0.5, 0.6) is 0 Å². The Balaban J connectivity index is 1.66. The van der Waals surface area contributed by atoms with Crippen molar-refractivity contribution in [2.45, 2.75) is 25.0 Å². The number of hydrogen-bond donors (Lipinski definition) is 2. The summed E-state index contributed by atoms with van der Waals surface area (Å²) in [5.41, 5.74) is 0.582. The molecule has 1 amide bonds. The van der Waals surface area contributed by atoms with E-state index in [1.807, 2.05) is 24.3 Å². The molecule has 2 atom stereocenters. The minimum Gasteiger partial charge on any atom is -0.388 e. The first kappa shape index (κ1) is 16.2. The smallest absolute Gasteiger partial charge is 0.253 e. The lowest BCUT2D eigenvalue weighted by Crippen LogP contribution is -2.55. The molecule has 2 aliphatic heterocycles. The number of morpholine rings is 1. The topological polar surface area (TPSA) is 73.2 Å². The Kier molecular flexibility index (Phi) is 4.57. The number of β-amino-alcohol motifs (C(OH)–C–C–N with tert-alkyl or cyclic N) is 1. The normalized spacial score (nSPS) is 28.7. The number of carbonyl (C=O) groups is 1. The summed E-state index contributed by atoms with van der Waals surface area (Å²) in [5.74, 6) is -0.104. The van der Waals surface area contributed by atoms with E-state index in [4.69, 9.17) is 4.74 Å². The van der Waals surface area contributed by atoms with Crippen LogP contribution < -0.4 is 4.90 Å². The summed E-state index contributed by atoms with van der Waals surface area (Å²) in [6.07, 6.45) is -0.529. The second kappa shape index (κ2) is 6.47. The van der Waals surface area contributed by atoms with Gasteiger partial charge >= 0.3 is 0 Å². The number of nitrogens with zero attached hydrogens (tertiary/aromatic N) is 2. The number of rotatable bonds is 2. The van der Waals surface area contributed by atoms with Crippen molar-refractivity contribution < 1.29 is 19.7 Å². The van der Waals surface area contributed by atoms with E-state index in [1.165, 1.54) is 0 Å². The third-order valence-corrected chi connectivity index (χ3v) is 4.78. The molecule has 0 spiro atoms. The Morgan fingerprint density at radius 3 is 2.48 bits per heavy atom. The predicted molar refractivity (Wildman–Crippen MR) is 86.6 cm³/mol. The molecule has 0 bridgehead atoms. The van der Waals surface area contributed by atoms with Crippen molar-refractivity contribution in [3.63, 3.8) is 0 Å². The van der Waals surface area contributed by atoms with Gasteiger partial charge in [0.25, 0.3) is 5.91 Å². The molecular weight excluding hydrogens is 296 g/mol. The zero-order valence-electron chi connectivity index (χ0n) is 13.4. The van der Waals surface area contributed by atoms with Gasteiger partial charge in [-0.25, -0.2) is 0 Å². The van der Waals surface area contributed by atoms with Crippen molar-refractivity contribution in [3.05, 3.63) is 29.8 Å². The van der Waals surface area contributed by atoms with Crippen LogP contribution in [0.2, 0.25) is 0 Å². The third-order valence-electron chi connectivity index (χ3n) is 4.78. The van der Waals surface area contributed by atoms with E-state index in [0.717, 1.165) is 32.0 Å². The number of aliphatic hydroxyl groups is 2. The van der Waals surface area contributed by atoms with Gasteiger partial charge in [0.05, 0.1) is 24.9 Å². The van der Waals surface area contributed by atoms with Crippen molar-refractivity contribution in [1.29, 1.82) is 0 Å². The molecule has 2 saturated heterocycles. The monoisotopic (exact) mass is 320 g/mol. The predicted octanol–water partition coefficient (Wildman–Crippen LogP) is 0.481. The highest BCUT2D eigenvalue weighted by Gasteiger charge is 2.38. The number of hydrogen-bond acceptors (Lipinski definition) is 5. The van der Waals surface area contributed by atoms with Gasteiger partial charge in [-0.3, -0.25) is 4.79 Å². The average Bonchev–Trinajstić information content (AvgIpc) is 2.58. The lowest BCUT2D eigenvalue weighted by Gasteiger charge is -2.40. The van der Waals surface area contributed by atoms with Gasteiger partial charge in [-0.2, -0.15) is 0 Å². The fourth-order valence-corrected chi connectivity index (χ4v) is 3.03. The summed E-state index contributed by atoms with van der Waals surface area (Å²) in [6.45, 7) is 5.40. The van der Waals surface area contributed by atoms with Crippen LogP contribution in [0.15, 0.2) is 24.3 Å². The minimum absolute atomic E-state index is 0.104. The van der Waals surface area contributed by atoms with E-state index in [0.29, 0.717) is 18.5 Å². The molecule has 0 saturated carbocycles. The van der Waals surface area contributed by atoms with Crippen LogP contribution in [0.4, 0.5) is 5.69 Å². The van der Waals surface area contributed by atoms with Crippen molar-refractivity contribution in [2.75, 3.05) is 44.3 Å². The van der Waals surface area contributed by atoms with Gasteiger partial charge < -0.3 is 24.7 Å². The largest absolute Gasteiger partial charge is 0.388 e. The summed E-state index contributed by atoms with van der Waals surface area (Å²) < 4.78 is 5.34. The molecule has 0 radical (unpaired) electrons. The standard InChI is InChI=1S/C17H24N2O4/c1-17(22)6-7-19(12-15(17)20)16(21)13-2-4-14(5-3-13)18-8-10-23-11-9-18/h2-5,15,20,22H,6-12H2,1H3/t15-,17-/m0/s1. The molecular formula is C17H24N2O4. The van der Waals surface area contributed by atoms with Crippen molar-refractivity contribution >= 4 is 11.6 Å². The zero-order valence-corrected chi connectivity index (χ0v) is 13.4. The number of benzene rings is 1. The first-order chi connectivity index (χ1) is 11.0. The van der Waals surface area contributed by atoms with Crippen LogP contribution in [0, 0.1) is 0 Å². The number of aliphatic hydroxyl groups excluding tert-OH is 1. The molecule has 0 aliphatic carbocycles. The number of amides is 1. The van der Waals surface area contributed by atoms with Crippen molar-refractivity contribution in [2.24, 2.45) is 0 Å². The van der Waals surface area contributed by atoms with Gasteiger partial charge in [-0.05, 0) is 37.6 Å². The zero-order chi connectivity index (χ0) is 16.4. The lowest BCUT2D eigenvalue weighted by atomic mass is 9.90. The molecule has 6 heteroatoms. The Bertz CT molecular complexity index is 552. The van der Waals surface area contributed by atoms with Crippen LogP contribution in [-0.2, 0) is 4.74 Å². The highest BCUT2D eigenvalue weighted by Crippen LogP contribution is 2.24. The molecule has 23 heavy (non-hydrogen) atoms. The highest BCUT2D eigenvalue weighted by atomic mass is 16.5. The summed E-state index contributed by atoms with van der Waals surface area (Å²) in [7, 11) is 0. The van der Waals surface area contributed by atoms with Gasteiger partial charge in [0.15, 0.2) is 0 Å². The van der Waals surface area contributed by atoms with Crippen molar-refractivity contribution in [3.8, 4) is 0 Å². The fraction of sp³-hybridized carbons (Fsp3) is 0.588. The molecule has 2 aliphatic rings. The van der Waals surface area contributed by atoms with Crippen LogP contribution >= 0.6 is 0 Å². The van der Waals surface area contributed by atoms with E-state index in [-0.39, 0.29) is 12.5 Å². The van der Waals surface area contributed by atoms with E-state index >= 15 is 0 Å². The van der Waals surface area contributed by atoms with Crippen LogP contribution in [-0.4, -0.2) is 72.1 Å². The van der Waals surface area contributed by atoms with E-state index in [1.54, 1.807) is 11.8 Å². The molecule has 6 nitrogen and oxygen atoms in total. The molecule has 1 aromatic carbocycles. The Hall–Kier alpha value is -1.63. The molecule has 2 heterocycles. The fourth-order valence-electron chi connectivity index (χ4n) is 3.03. The molecule has 0 unspecified atom stereocenters. The van der Waals surface area contributed by atoms with Crippen LogP contribution in [0.1, 0.15) is 23.7 Å². The highest BCUT2D eigenvalue weighted by molar-refractivity contribution is 5.94. The minimum atomic E-state index is -1.11. The first-order valence-corrected chi connectivity index (χ1v) is 8.10. The summed E-state index contributed by atoms with van der Waals surface area (Å²) in [4.78, 5) is 16.4. The second-order valence-electron chi connectivity index (χ2n) is 6.52. The molecule has 1 aromatic rings. The number of ether oxygens (including phenoxy) is 1. The summed E-state index contributed by atoms with van der Waals surface area (Å²) >= 11 is 0.